The summed E-state index contributed by atoms with van der Waals surface area (Å²) in [6, 6.07) is 13.6. The molecule has 0 radical (unpaired) electrons. The van der Waals surface area contributed by atoms with Crippen LogP contribution in [0.25, 0.3) is 10.2 Å². The van der Waals surface area contributed by atoms with Gasteiger partial charge in [-0.15, -0.1) is 0 Å². The summed E-state index contributed by atoms with van der Waals surface area (Å²) in [7, 11) is 0. The molecular formula is C24H18N2O6S. The van der Waals surface area contributed by atoms with Crippen LogP contribution in [-0.2, 0) is 4.79 Å². The van der Waals surface area contributed by atoms with E-state index in [2.05, 4.69) is 4.98 Å². The number of carbonyl (C=O) groups excluding carboxylic acids is 2. The SMILES string of the molecule is CCOc1ccc2nc(N3C(=O)C(O)=C(C(=O)c4ccco4)C3c3ccc(O)cc3)sc2c1. The molecule has 0 fully saturated rings. The Labute approximate surface area is 192 Å². The maximum atomic E-state index is 13.2. The number of furan rings is 1. The molecule has 8 nitrogen and oxygen atoms in total. The molecule has 0 aliphatic carbocycles. The lowest BCUT2D eigenvalue weighted by Gasteiger charge is -2.24. The van der Waals surface area contributed by atoms with Crippen LogP contribution in [0, 0.1) is 0 Å². The van der Waals surface area contributed by atoms with E-state index in [1.54, 1.807) is 30.3 Å². The number of phenols is 1. The number of aromatic nitrogens is 1. The van der Waals surface area contributed by atoms with Gasteiger partial charge in [0, 0.05) is 0 Å². The van der Waals surface area contributed by atoms with Gasteiger partial charge < -0.3 is 19.4 Å². The van der Waals surface area contributed by atoms with Crippen molar-refractivity contribution < 1.29 is 29.0 Å². The molecule has 166 valence electrons. The predicted octanol–water partition coefficient (Wildman–Crippen LogP) is 4.78. The van der Waals surface area contributed by atoms with Gasteiger partial charge in [0.05, 0.1) is 34.7 Å². The zero-order chi connectivity index (χ0) is 23.1. The second-order valence-electron chi connectivity index (χ2n) is 7.30. The fraction of sp³-hybridized carbons (Fsp3) is 0.125. The van der Waals surface area contributed by atoms with E-state index in [4.69, 9.17) is 9.15 Å². The number of ether oxygens (including phenoxy) is 1. The Balaban J connectivity index is 1.64. The van der Waals surface area contributed by atoms with Crippen molar-refractivity contribution in [1.29, 1.82) is 0 Å². The fourth-order valence-electron chi connectivity index (χ4n) is 3.80. The van der Waals surface area contributed by atoms with E-state index in [0.29, 0.717) is 28.6 Å². The quantitative estimate of drug-likeness (QED) is 0.397. The van der Waals surface area contributed by atoms with Gasteiger partial charge in [0.2, 0.25) is 5.78 Å². The number of anilines is 1. The molecule has 2 aromatic heterocycles. The lowest BCUT2D eigenvalue weighted by atomic mass is 9.95. The lowest BCUT2D eigenvalue weighted by Crippen LogP contribution is -2.30. The Morgan fingerprint density at radius 2 is 1.97 bits per heavy atom. The zero-order valence-corrected chi connectivity index (χ0v) is 18.2. The molecule has 1 unspecified atom stereocenters. The van der Waals surface area contributed by atoms with E-state index in [1.807, 2.05) is 13.0 Å². The van der Waals surface area contributed by atoms with Crippen LogP contribution in [0.3, 0.4) is 0 Å². The number of Topliss-reactive ketones (excluding diaryl/α,β-unsaturated/α-hetero) is 1. The average molecular weight is 462 g/mol. The topological polar surface area (TPSA) is 113 Å². The molecule has 9 heteroatoms. The Morgan fingerprint density at radius 3 is 2.67 bits per heavy atom. The third-order valence-electron chi connectivity index (χ3n) is 5.27. The van der Waals surface area contributed by atoms with Crippen molar-refractivity contribution >= 4 is 38.4 Å². The minimum absolute atomic E-state index is 0.000587. The number of hydrogen-bond donors (Lipinski definition) is 2. The number of phenolic OH excluding ortho intramolecular Hbond substituents is 1. The van der Waals surface area contributed by atoms with E-state index in [0.717, 1.165) is 4.70 Å². The normalized spacial score (nSPS) is 16.1. The summed E-state index contributed by atoms with van der Waals surface area (Å²) >= 11 is 1.25. The second kappa shape index (κ2) is 8.10. The maximum Gasteiger partial charge on any atom is 0.296 e. The standard InChI is InChI=1S/C24H18N2O6S/c1-2-31-15-9-10-16-18(12-15)33-24(25-16)26-20(13-5-7-14(27)8-6-13)19(22(29)23(26)30)21(28)17-4-3-11-32-17/h3-12,20,27,29H,2H2,1H3. The molecule has 1 atom stereocenters. The minimum atomic E-state index is -0.956. The molecule has 0 bridgehead atoms. The van der Waals surface area contributed by atoms with E-state index in [-0.39, 0.29) is 17.1 Å². The summed E-state index contributed by atoms with van der Waals surface area (Å²) in [5.74, 6) is -1.30. The van der Waals surface area contributed by atoms with E-state index >= 15 is 0 Å². The van der Waals surface area contributed by atoms with Crippen molar-refractivity contribution in [3.05, 3.63) is 83.5 Å². The Bertz CT molecular complexity index is 1390. The first-order valence-corrected chi connectivity index (χ1v) is 11.0. The van der Waals surface area contributed by atoms with Crippen molar-refractivity contribution in [3.63, 3.8) is 0 Å². The van der Waals surface area contributed by atoms with Crippen molar-refractivity contribution in [1.82, 2.24) is 4.98 Å². The van der Waals surface area contributed by atoms with Gasteiger partial charge in [0.1, 0.15) is 11.5 Å². The average Bonchev–Trinajstić information content (AvgIpc) is 3.53. The molecule has 3 heterocycles. The molecule has 1 aliphatic heterocycles. The van der Waals surface area contributed by atoms with Crippen LogP contribution >= 0.6 is 11.3 Å². The number of aromatic hydroxyl groups is 1. The van der Waals surface area contributed by atoms with Gasteiger partial charge in [0.25, 0.3) is 5.91 Å². The highest BCUT2D eigenvalue weighted by Crippen LogP contribution is 2.44. The van der Waals surface area contributed by atoms with Crippen LogP contribution in [-0.4, -0.2) is 33.5 Å². The first kappa shape index (κ1) is 20.8. The number of fused-ring (bicyclic) bond motifs is 1. The summed E-state index contributed by atoms with van der Waals surface area (Å²) in [4.78, 5) is 32.3. The molecule has 1 aliphatic rings. The van der Waals surface area contributed by atoms with Gasteiger partial charge in [-0.3, -0.25) is 14.5 Å². The highest BCUT2D eigenvalue weighted by atomic mass is 32.1. The molecule has 4 aromatic rings. The van der Waals surface area contributed by atoms with Gasteiger partial charge in [-0.25, -0.2) is 4.98 Å². The van der Waals surface area contributed by atoms with Crippen LogP contribution < -0.4 is 9.64 Å². The van der Waals surface area contributed by atoms with Gasteiger partial charge in [-0.05, 0) is 55.0 Å². The zero-order valence-electron chi connectivity index (χ0n) is 17.4. The summed E-state index contributed by atoms with van der Waals surface area (Å²) in [6.07, 6.45) is 1.35. The van der Waals surface area contributed by atoms with Crippen LogP contribution in [0.5, 0.6) is 11.5 Å². The van der Waals surface area contributed by atoms with Gasteiger partial charge in [0.15, 0.2) is 16.7 Å². The molecule has 5 rings (SSSR count). The summed E-state index contributed by atoms with van der Waals surface area (Å²) in [5, 5.41) is 20.8. The number of ketones is 1. The highest BCUT2D eigenvalue weighted by molar-refractivity contribution is 7.22. The molecule has 2 N–H and O–H groups in total. The lowest BCUT2D eigenvalue weighted by molar-refractivity contribution is -0.117. The summed E-state index contributed by atoms with van der Waals surface area (Å²) < 4.78 is 11.6. The predicted molar refractivity (Wildman–Crippen MR) is 122 cm³/mol. The number of aliphatic hydroxyl groups is 1. The second-order valence-corrected chi connectivity index (χ2v) is 8.31. The van der Waals surface area contributed by atoms with Crippen molar-refractivity contribution in [2.45, 2.75) is 13.0 Å². The molecule has 1 amide bonds. The Morgan fingerprint density at radius 1 is 1.18 bits per heavy atom. The number of thiazole rings is 1. The van der Waals surface area contributed by atoms with E-state index in [9.17, 15) is 19.8 Å². The highest BCUT2D eigenvalue weighted by Gasteiger charge is 2.46. The van der Waals surface area contributed by atoms with E-state index in [1.165, 1.54) is 40.7 Å². The summed E-state index contributed by atoms with van der Waals surface area (Å²) in [6.45, 7) is 2.40. The summed E-state index contributed by atoms with van der Waals surface area (Å²) in [5.41, 5.74) is 1.06. The van der Waals surface area contributed by atoms with Gasteiger partial charge >= 0.3 is 0 Å². The number of nitrogens with zero attached hydrogens (tertiary/aromatic N) is 2. The Kier molecular flexibility index (Phi) is 5.10. The molecule has 0 saturated heterocycles. The first-order chi connectivity index (χ1) is 16.0. The van der Waals surface area contributed by atoms with Crippen molar-refractivity contribution in [3.8, 4) is 11.5 Å². The molecular weight excluding hydrogens is 444 g/mol. The number of aliphatic hydroxyl groups excluding tert-OH is 1. The maximum absolute atomic E-state index is 13.2. The van der Waals surface area contributed by atoms with Crippen LogP contribution in [0.15, 0.2) is 76.6 Å². The van der Waals surface area contributed by atoms with E-state index < -0.39 is 23.5 Å². The fourth-order valence-corrected chi connectivity index (χ4v) is 4.82. The third-order valence-corrected chi connectivity index (χ3v) is 6.29. The van der Waals surface area contributed by atoms with Crippen LogP contribution in [0.4, 0.5) is 5.13 Å². The molecule has 0 saturated carbocycles. The molecule has 2 aromatic carbocycles. The number of carbonyl (C=O) groups is 2. The number of benzene rings is 2. The Hall–Kier alpha value is -4.11. The van der Waals surface area contributed by atoms with Crippen molar-refractivity contribution in [2.24, 2.45) is 0 Å². The third kappa shape index (κ3) is 3.52. The van der Waals surface area contributed by atoms with Crippen molar-refractivity contribution in [2.75, 3.05) is 11.5 Å². The number of amides is 1. The minimum Gasteiger partial charge on any atom is -0.508 e. The van der Waals surface area contributed by atoms with Gasteiger partial charge in [-0.1, -0.05) is 23.5 Å². The number of rotatable bonds is 6. The first-order valence-electron chi connectivity index (χ1n) is 10.1. The smallest absolute Gasteiger partial charge is 0.296 e. The monoisotopic (exact) mass is 462 g/mol. The van der Waals surface area contributed by atoms with Gasteiger partial charge in [-0.2, -0.15) is 0 Å². The largest absolute Gasteiger partial charge is 0.508 e. The van der Waals surface area contributed by atoms with Crippen LogP contribution in [0.2, 0.25) is 0 Å². The molecule has 33 heavy (non-hydrogen) atoms. The molecule has 0 spiro atoms. The van der Waals surface area contributed by atoms with Crippen LogP contribution in [0.1, 0.15) is 29.1 Å². The number of hydrogen-bond acceptors (Lipinski definition) is 8.